The summed E-state index contributed by atoms with van der Waals surface area (Å²) in [5, 5.41) is 0. The first-order valence-corrected chi connectivity index (χ1v) is 6.81. The predicted molar refractivity (Wildman–Crippen MR) is 72.7 cm³/mol. The number of rotatable bonds is 5. The number of ether oxygens (including phenoxy) is 2. The number of hydrogen-bond acceptors (Lipinski definition) is 3. The molecule has 0 amide bonds. The van der Waals surface area contributed by atoms with Gasteiger partial charge in [0.15, 0.2) is 0 Å². The van der Waals surface area contributed by atoms with Crippen molar-refractivity contribution in [3.05, 3.63) is 35.9 Å². The Morgan fingerprint density at radius 3 is 2.50 bits per heavy atom. The Hall–Kier alpha value is -0.900. The Balaban J connectivity index is 2.08. The minimum absolute atomic E-state index is 0.147. The third-order valence-corrected chi connectivity index (χ3v) is 3.53. The molecular weight excluding hydrogens is 226 g/mol. The average Bonchev–Trinajstić information content (AvgIpc) is 2.46. The van der Waals surface area contributed by atoms with Gasteiger partial charge in [0.05, 0.1) is 19.3 Å². The third-order valence-electron chi connectivity index (χ3n) is 3.53. The van der Waals surface area contributed by atoms with Crippen molar-refractivity contribution in [3.63, 3.8) is 0 Å². The Labute approximate surface area is 110 Å². The summed E-state index contributed by atoms with van der Waals surface area (Å²) in [5.41, 5.74) is 1.26. The van der Waals surface area contributed by atoms with Crippen LogP contribution in [0.4, 0.5) is 0 Å². The van der Waals surface area contributed by atoms with Crippen molar-refractivity contribution in [2.45, 2.75) is 26.0 Å². The highest BCUT2D eigenvalue weighted by Gasteiger charge is 2.26. The topological polar surface area (TPSA) is 21.7 Å². The number of hydrogen-bond donors (Lipinski definition) is 0. The summed E-state index contributed by atoms with van der Waals surface area (Å²) >= 11 is 0. The maximum Gasteiger partial charge on any atom is 0.0977 e. The smallest absolute Gasteiger partial charge is 0.0977 e. The fraction of sp³-hybridized carbons (Fsp3) is 0.600. The van der Waals surface area contributed by atoms with E-state index in [0.29, 0.717) is 6.04 Å². The standard InChI is InChI=1S/C15H23NO2/c1-3-18-15(14-7-5-4-6-8-14)13(2)16-9-11-17-12-10-16/h4-8,13,15H,3,9-12H2,1-2H3/t13-,15-/m1/s1. The molecule has 3 nitrogen and oxygen atoms in total. The minimum Gasteiger partial charge on any atom is -0.379 e. The highest BCUT2D eigenvalue weighted by Crippen LogP contribution is 2.25. The van der Waals surface area contributed by atoms with Gasteiger partial charge in [0.25, 0.3) is 0 Å². The number of nitrogens with zero attached hydrogens (tertiary/aromatic N) is 1. The molecule has 1 aliphatic heterocycles. The van der Waals surface area contributed by atoms with E-state index in [-0.39, 0.29) is 6.10 Å². The van der Waals surface area contributed by atoms with E-state index in [1.54, 1.807) is 0 Å². The van der Waals surface area contributed by atoms with Gasteiger partial charge in [-0.05, 0) is 19.4 Å². The molecule has 100 valence electrons. The van der Waals surface area contributed by atoms with Crippen molar-refractivity contribution < 1.29 is 9.47 Å². The van der Waals surface area contributed by atoms with E-state index >= 15 is 0 Å². The van der Waals surface area contributed by atoms with Crippen molar-refractivity contribution in [1.29, 1.82) is 0 Å². The Kier molecular flexibility index (Phi) is 5.17. The second-order valence-electron chi connectivity index (χ2n) is 4.68. The van der Waals surface area contributed by atoms with Gasteiger partial charge in [-0.15, -0.1) is 0 Å². The molecular formula is C15H23NO2. The van der Waals surface area contributed by atoms with Gasteiger partial charge in [0.2, 0.25) is 0 Å². The van der Waals surface area contributed by atoms with Crippen molar-refractivity contribution in [1.82, 2.24) is 4.90 Å². The zero-order valence-corrected chi connectivity index (χ0v) is 11.3. The van der Waals surface area contributed by atoms with Gasteiger partial charge >= 0.3 is 0 Å². The third kappa shape index (κ3) is 3.31. The zero-order valence-electron chi connectivity index (χ0n) is 11.3. The molecule has 0 radical (unpaired) electrons. The largest absolute Gasteiger partial charge is 0.379 e. The highest BCUT2D eigenvalue weighted by molar-refractivity contribution is 5.19. The molecule has 1 aromatic carbocycles. The fourth-order valence-electron chi connectivity index (χ4n) is 2.51. The summed E-state index contributed by atoms with van der Waals surface area (Å²) in [5.74, 6) is 0. The molecule has 2 atom stereocenters. The minimum atomic E-state index is 0.147. The maximum atomic E-state index is 5.96. The van der Waals surface area contributed by atoms with E-state index < -0.39 is 0 Å². The lowest BCUT2D eigenvalue weighted by Gasteiger charge is -2.36. The summed E-state index contributed by atoms with van der Waals surface area (Å²) in [6.07, 6.45) is 0.147. The van der Waals surface area contributed by atoms with Gasteiger partial charge in [-0.3, -0.25) is 4.90 Å². The molecule has 0 saturated carbocycles. The summed E-state index contributed by atoms with van der Waals surface area (Å²) in [7, 11) is 0. The predicted octanol–water partition coefficient (Wildman–Crippen LogP) is 2.48. The lowest BCUT2D eigenvalue weighted by atomic mass is 10.0. The van der Waals surface area contributed by atoms with Crippen LogP contribution in [0, 0.1) is 0 Å². The second-order valence-corrected chi connectivity index (χ2v) is 4.68. The molecule has 3 heteroatoms. The SMILES string of the molecule is CCO[C@@H](c1ccccc1)[C@@H](C)N1CCOCC1. The fourth-order valence-corrected chi connectivity index (χ4v) is 2.51. The molecule has 0 aromatic heterocycles. The zero-order chi connectivity index (χ0) is 12.8. The van der Waals surface area contributed by atoms with Gasteiger partial charge in [0.1, 0.15) is 0 Å². The Morgan fingerprint density at radius 1 is 1.22 bits per heavy atom. The van der Waals surface area contributed by atoms with Crippen molar-refractivity contribution in [2.75, 3.05) is 32.9 Å². The maximum absolute atomic E-state index is 5.96. The Bertz CT molecular complexity index is 336. The second kappa shape index (κ2) is 6.88. The van der Waals surface area contributed by atoms with Crippen LogP contribution in [0.15, 0.2) is 30.3 Å². The van der Waals surface area contributed by atoms with Crippen LogP contribution in [0.1, 0.15) is 25.5 Å². The van der Waals surface area contributed by atoms with E-state index in [2.05, 4.69) is 43.0 Å². The van der Waals surface area contributed by atoms with E-state index in [4.69, 9.17) is 9.47 Å². The molecule has 18 heavy (non-hydrogen) atoms. The first-order valence-electron chi connectivity index (χ1n) is 6.81. The monoisotopic (exact) mass is 249 g/mol. The van der Waals surface area contributed by atoms with Crippen molar-refractivity contribution >= 4 is 0 Å². The Morgan fingerprint density at radius 2 is 1.89 bits per heavy atom. The number of morpholine rings is 1. The normalized spacial score (nSPS) is 20.6. The molecule has 0 N–H and O–H groups in total. The molecule has 0 unspecified atom stereocenters. The molecule has 0 spiro atoms. The molecule has 1 aromatic rings. The number of benzene rings is 1. The first kappa shape index (κ1) is 13.5. The van der Waals surface area contributed by atoms with Gasteiger partial charge in [-0.25, -0.2) is 0 Å². The van der Waals surface area contributed by atoms with Crippen LogP contribution in [0.5, 0.6) is 0 Å². The lowest BCUT2D eigenvalue weighted by Crippen LogP contribution is -2.45. The van der Waals surface area contributed by atoms with Crippen molar-refractivity contribution in [3.8, 4) is 0 Å². The van der Waals surface area contributed by atoms with Crippen LogP contribution in [-0.2, 0) is 9.47 Å². The molecule has 1 aliphatic rings. The molecule has 1 saturated heterocycles. The summed E-state index contributed by atoms with van der Waals surface area (Å²) in [6.45, 7) is 8.71. The van der Waals surface area contributed by atoms with Gasteiger partial charge in [-0.2, -0.15) is 0 Å². The summed E-state index contributed by atoms with van der Waals surface area (Å²) in [6, 6.07) is 10.9. The van der Waals surface area contributed by atoms with Crippen LogP contribution in [0.25, 0.3) is 0 Å². The molecule has 2 rings (SSSR count). The van der Waals surface area contributed by atoms with E-state index in [9.17, 15) is 0 Å². The van der Waals surface area contributed by atoms with Gasteiger partial charge in [0, 0.05) is 25.7 Å². The first-order chi connectivity index (χ1) is 8.83. The average molecular weight is 249 g/mol. The van der Waals surface area contributed by atoms with E-state index in [0.717, 1.165) is 32.9 Å². The molecule has 1 heterocycles. The highest BCUT2D eigenvalue weighted by atomic mass is 16.5. The lowest BCUT2D eigenvalue weighted by molar-refractivity contribution is -0.0426. The molecule has 1 fully saturated rings. The van der Waals surface area contributed by atoms with Crippen LogP contribution in [-0.4, -0.2) is 43.9 Å². The summed E-state index contributed by atoms with van der Waals surface area (Å²) in [4.78, 5) is 2.46. The summed E-state index contributed by atoms with van der Waals surface area (Å²) < 4.78 is 11.4. The van der Waals surface area contributed by atoms with Gasteiger partial charge < -0.3 is 9.47 Å². The quantitative estimate of drug-likeness (QED) is 0.800. The molecule has 0 aliphatic carbocycles. The van der Waals surface area contributed by atoms with Crippen LogP contribution in [0.3, 0.4) is 0 Å². The van der Waals surface area contributed by atoms with Crippen LogP contribution in [0.2, 0.25) is 0 Å². The van der Waals surface area contributed by atoms with E-state index in [1.165, 1.54) is 5.56 Å². The van der Waals surface area contributed by atoms with Crippen LogP contribution < -0.4 is 0 Å². The molecule has 0 bridgehead atoms. The van der Waals surface area contributed by atoms with Crippen LogP contribution >= 0.6 is 0 Å². The van der Waals surface area contributed by atoms with Gasteiger partial charge in [-0.1, -0.05) is 30.3 Å². The van der Waals surface area contributed by atoms with Crippen molar-refractivity contribution in [2.24, 2.45) is 0 Å². The van der Waals surface area contributed by atoms with E-state index in [1.807, 2.05) is 6.07 Å².